The van der Waals surface area contributed by atoms with Crippen molar-refractivity contribution in [2.24, 2.45) is 10.4 Å². The Kier molecular flexibility index (Phi) is 8.29. The predicted molar refractivity (Wildman–Crippen MR) is 117 cm³/mol. The van der Waals surface area contributed by atoms with Gasteiger partial charge in [-0.05, 0) is 49.9 Å². The molecule has 2 saturated heterocycles. The van der Waals surface area contributed by atoms with Crippen LogP contribution in [0.4, 0.5) is 0 Å². The predicted octanol–water partition coefficient (Wildman–Crippen LogP) is 3.72. The first kappa shape index (κ1) is 21.6. The molecule has 2 aliphatic rings. The molecule has 1 spiro atoms. The largest absolute Gasteiger partial charge is 0.493 e. The molecule has 1 aromatic rings. The normalized spacial score (nSPS) is 22.6. The van der Waals surface area contributed by atoms with E-state index in [2.05, 4.69) is 15.2 Å². The second-order valence-electron chi connectivity index (χ2n) is 7.06. The maximum Gasteiger partial charge on any atom is 0.193 e. The van der Waals surface area contributed by atoms with Gasteiger partial charge in [-0.2, -0.15) is 0 Å². The molecule has 0 aliphatic carbocycles. The van der Waals surface area contributed by atoms with Crippen LogP contribution in [0.5, 0.6) is 5.75 Å². The van der Waals surface area contributed by atoms with Crippen LogP contribution in [-0.2, 0) is 4.74 Å². The first-order valence-corrected chi connectivity index (χ1v) is 9.42. The summed E-state index contributed by atoms with van der Waals surface area (Å²) in [4.78, 5) is 6.80. The number of likely N-dealkylation sites (tertiary alicyclic amines) is 1. The van der Waals surface area contributed by atoms with Gasteiger partial charge in [0.25, 0.3) is 0 Å². The van der Waals surface area contributed by atoms with Crippen LogP contribution in [0, 0.1) is 12.3 Å². The van der Waals surface area contributed by atoms with Crippen molar-refractivity contribution in [3.05, 3.63) is 28.8 Å². The molecule has 1 atom stereocenters. The van der Waals surface area contributed by atoms with E-state index in [1.165, 1.54) is 12.8 Å². The molecule has 146 valence electrons. The lowest BCUT2D eigenvalue weighted by Crippen LogP contribution is -2.42. The number of rotatable bonds is 5. The van der Waals surface area contributed by atoms with E-state index in [1.807, 2.05) is 32.2 Å². The van der Waals surface area contributed by atoms with Crippen molar-refractivity contribution in [1.29, 1.82) is 0 Å². The van der Waals surface area contributed by atoms with Gasteiger partial charge in [0.15, 0.2) is 5.96 Å². The maximum absolute atomic E-state index is 5.97. The third-order valence-corrected chi connectivity index (χ3v) is 5.37. The van der Waals surface area contributed by atoms with E-state index < -0.39 is 0 Å². The van der Waals surface area contributed by atoms with E-state index in [0.717, 1.165) is 61.6 Å². The molecule has 0 radical (unpaired) electrons. The van der Waals surface area contributed by atoms with Gasteiger partial charge in [0, 0.05) is 43.7 Å². The SMILES string of the molecule is CN=C(NCCCOc1ccc(Cl)cc1C)N1CCC2(CCOC2)C1.I. The third kappa shape index (κ3) is 5.39. The van der Waals surface area contributed by atoms with Crippen molar-refractivity contribution in [3.8, 4) is 5.75 Å². The molecule has 2 fully saturated rings. The molecule has 5 nitrogen and oxygen atoms in total. The lowest BCUT2D eigenvalue weighted by Gasteiger charge is -2.25. The van der Waals surface area contributed by atoms with Gasteiger partial charge in [0.2, 0.25) is 0 Å². The van der Waals surface area contributed by atoms with E-state index in [1.54, 1.807) is 0 Å². The number of guanidine groups is 1. The molecule has 26 heavy (non-hydrogen) atoms. The minimum atomic E-state index is 0. The van der Waals surface area contributed by atoms with Crippen LogP contribution < -0.4 is 10.1 Å². The van der Waals surface area contributed by atoms with Gasteiger partial charge in [-0.1, -0.05) is 11.6 Å². The number of hydrogen-bond acceptors (Lipinski definition) is 3. The van der Waals surface area contributed by atoms with Gasteiger partial charge in [-0.25, -0.2) is 0 Å². The molecular formula is C19H29ClIN3O2. The van der Waals surface area contributed by atoms with Crippen LogP contribution in [0.1, 0.15) is 24.8 Å². The summed E-state index contributed by atoms with van der Waals surface area (Å²) in [5, 5.41) is 4.20. The Morgan fingerprint density at radius 1 is 1.42 bits per heavy atom. The molecule has 2 aliphatic heterocycles. The maximum atomic E-state index is 5.97. The van der Waals surface area contributed by atoms with Gasteiger partial charge in [-0.3, -0.25) is 4.99 Å². The minimum absolute atomic E-state index is 0. The van der Waals surface area contributed by atoms with Crippen molar-refractivity contribution < 1.29 is 9.47 Å². The van der Waals surface area contributed by atoms with Gasteiger partial charge in [0.1, 0.15) is 5.75 Å². The molecular weight excluding hydrogens is 465 g/mol. The molecule has 1 N–H and O–H groups in total. The van der Waals surface area contributed by atoms with Crippen molar-refractivity contribution in [2.75, 3.05) is 46.5 Å². The zero-order chi connectivity index (χ0) is 17.7. The smallest absolute Gasteiger partial charge is 0.193 e. The third-order valence-electron chi connectivity index (χ3n) is 5.13. The summed E-state index contributed by atoms with van der Waals surface area (Å²) in [5.74, 6) is 1.89. The fourth-order valence-electron chi connectivity index (χ4n) is 3.65. The summed E-state index contributed by atoms with van der Waals surface area (Å²) >= 11 is 5.97. The second kappa shape index (κ2) is 9.99. The average Bonchev–Trinajstić information content (AvgIpc) is 3.23. The molecule has 0 saturated carbocycles. The minimum Gasteiger partial charge on any atom is -0.493 e. The van der Waals surface area contributed by atoms with Crippen molar-refractivity contribution in [1.82, 2.24) is 10.2 Å². The van der Waals surface area contributed by atoms with E-state index in [-0.39, 0.29) is 24.0 Å². The fourth-order valence-corrected chi connectivity index (χ4v) is 3.88. The highest BCUT2D eigenvalue weighted by Gasteiger charge is 2.42. The zero-order valence-electron chi connectivity index (χ0n) is 15.6. The number of hydrogen-bond donors (Lipinski definition) is 1. The van der Waals surface area contributed by atoms with Crippen molar-refractivity contribution >= 4 is 41.5 Å². The highest BCUT2D eigenvalue weighted by Crippen LogP contribution is 2.38. The monoisotopic (exact) mass is 493 g/mol. The van der Waals surface area contributed by atoms with Crippen LogP contribution in [0.2, 0.25) is 5.02 Å². The summed E-state index contributed by atoms with van der Waals surface area (Å²) in [5.41, 5.74) is 1.42. The standard InChI is InChI=1S/C19H28ClN3O2.HI/c1-15-12-16(20)4-5-17(15)25-10-3-8-22-18(21-2)23-9-6-19(13-23)7-11-24-14-19;/h4-5,12H,3,6-11,13-14H2,1-2H3,(H,21,22);1H. The van der Waals surface area contributed by atoms with E-state index >= 15 is 0 Å². The summed E-state index contributed by atoms with van der Waals surface area (Å²) in [6.07, 6.45) is 3.30. The summed E-state index contributed by atoms with van der Waals surface area (Å²) < 4.78 is 11.4. The number of ether oxygens (including phenoxy) is 2. The summed E-state index contributed by atoms with van der Waals surface area (Å²) in [7, 11) is 1.85. The lowest BCUT2D eigenvalue weighted by molar-refractivity contribution is 0.156. The van der Waals surface area contributed by atoms with Crippen LogP contribution in [0.25, 0.3) is 0 Å². The number of benzene rings is 1. The van der Waals surface area contributed by atoms with Crippen LogP contribution in [0.3, 0.4) is 0 Å². The summed E-state index contributed by atoms with van der Waals surface area (Å²) in [6, 6.07) is 5.71. The summed E-state index contributed by atoms with van der Waals surface area (Å²) in [6.45, 7) is 7.44. The van der Waals surface area contributed by atoms with Crippen LogP contribution in [0.15, 0.2) is 23.2 Å². The fraction of sp³-hybridized carbons (Fsp3) is 0.632. The highest BCUT2D eigenvalue weighted by molar-refractivity contribution is 14.0. The first-order chi connectivity index (χ1) is 12.1. The molecule has 1 aromatic carbocycles. The Hall–Kier alpha value is -0.730. The van der Waals surface area contributed by atoms with Crippen molar-refractivity contribution in [2.45, 2.75) is 26.2 Å². The van der Waals surface area contributed by atoms with E-state index in [9.17, 15) is 0 Å². The molecule has 0 aromatic heterocycles. The van der Waals surface area contributed by atoms with Crippen molar-refractivity contribution in [3.63, 3.8) is 0 Å². The number of aliphatic imine (C=N–C) groups is 1. The highest BCUT2D eigenvalue weighted by atomic mass is 127. The number of halogens is 2. The Balaban J connectivity index is 0.00000243. The molecule has 2 heterocycles. The van der Waals surface area contributed by atoms with Gasteiger partial charge < -0.3 is 19.7 Å². The number of aryl methyl sites for hydroxylation is 1. The van der Waals surface area contributed by atoms with Crippen LogP contribution >= 0.6 is 35.6 Å². The molecule has 3 rings (SSSR count). The Morgan fingerprint density at radius 2 is 2.27 bits per heavy atom. The van der Waals surface area contributed by atoms with Gasteiger partial charge in [-0.15, -0.1) is 24.0 Å². The van der Waals surface area contributed by atoms with Gasteiger partial charge in [0.05, 0.1) is 13.2 Å². The lowest BCUT2D eigenvalue weighted by atomic mass is 9.87. The topological polar surface area (TPSA) is 46.1 Å². The zero-order valence-corrected chi connectivity index (χ0v) is 18.7. The number of nitrogens with zero attached hydrogens (tertiary/aromatic N) is 2. The number of nitrogens with one attached hydrogen (secondary N) is 1. The average molecular weight is 494 g/mol. The quantitative estimate of drug-likeness (QED) is 0.294. The molecule has 0 amide bonds. The Bertz CT molecular complexity index is 621. The molecule has 0 bridgehead atoms. The van der Waals surface area contributed by atoms with E-state index in [4.69, 9.17) is 21.1 Å². The second-order valence-corrected chi connectivity index (χ2v) is 7.50. The Labute approximate surface area is 178 Å². The van der Waals surface area contributed by atoms with Crippen LogP contribution in [-0.4, -0.2) is 57.4 Å². The molecule has 7 heteroatoms. The first-order valence-electron chi connectivity index (χ1n) is 9.04. The molecule has 1 unspecified atom stereocenters. The van der Waals surface area contributed by atoms with Gasteiger partial charge >= 0.3 is 0 Å². The van der Waals surface area contributed by atoms with E-state index in [0.29, 0.717) is 12.0 Å². The Morgan fingerprint density at radius 3 is 2.96 bits per heavy atom.